The van der Waals surface area contributed by atoms with E-state index >= 15 is 0 Å². The average molecular weight is 403 g/mol. The van der Waals surface area contributed by atoms with Gasteiger partial charge in [0.2, 0.25) is 5.91 Å². The number of carbonyl (C=O) groups is 1. The second kappa shape index (κ2) is 12.8. The first-order valence-corrected chi connectivity index (χ1v) is 12.9. The van der Waals surface area contributed by atoms with Crippen LogP contribution in [0.15, 0.2) is 12.2 Å². The van der Waals surface area contributed by atoms with Crippen LogP contribution in [0.2, 0.25) is 0 Å². The van der Waals surface area contributed by atoms with Crippen molar-refractivity contribution >= 4 is 5.91 Å². The molecule has 1 heterocycles. The lowest BCUT2D eigenvalue weighted by molar-refractivity contribution is -0.132. The summed E-state index contributed by atoms with van der Waals surface area (Å²) in [5, 5.41) is 0. The van der Waals surface area contributed by atoms with Gasteiger partial charge >= 0.3 is 0 Å². The number of hydrogen-bond acceptors (Lipinski definition) is 2. The number of fused-ring (bicyclic) bond motifs is 2. The van der Waals surface area contributed by atoms with Crippen LogP contribution in [0.25, 0.3) is 0 Å². The van der Waals surface area contributed by atoms with Crippen LogP contribution in [-0.4, -0.2) is 48.4 Å². The molecule has 0 aromatic heterocycles. The summed E-state index contributed by atoms with van der Waals surface area (Å²) in [6.45, 7) is 7.79. The highest BCUT2D eigenvalue weighted by molar-refractivity contribution is 5.76. The summed E-state index contributed by atoms with van der Waals surface area (Å²) in [6.07, 6.45) is 22.8. The van der Waals surface area contributed by atoms with Crippen LogP contribution in [0, 0.1) is 17.8 Å². The molecular weight excluding hydrogens is 356 g/mol. The zero-order valence-electron chi connectivity index (χ0n) is 19.1. The molecule has 2 fully saturated rings. The smallest absolute Gasteiger partial charge is 0.222 e. The second-order valence-corrected chi connectivity index (χ2v) is 10.0. The van der Waals surface area contributed by atoms with Crippen molar-refractivity contribution in [3.8, 4) is 0 Å². The molecule has 3 atom stereocenters. The molecule has 1 amide bonds. The molecule has 2 aliphatic carbocycles. The minimum Gasteiger partial charge on any atom is -0.341 e. The summed E-state index contributed by atoms with van der Waals surface area (Å²) >= 11 is 0. The van der Waals surface area contributed by atoms with Gasteiger partial charge in [-0.3, -0.25) is 4.79 Å². The number of nitrogens with zero attached hydrogens (tertiary/aromatic N) is 2. The van der Waals surface area contributed by atoms with Crippen LogP contribution >= 0.6 is 0 Å². The van der Waals surface area contributed by atoms with Crippen molar-refractivity contribution < 1.29 is 4.79 Å². The van der Waals surface area contributed by atoms with Gasteiger partial charge in [-0.1, -0.05) is 70.4 Å². The largest absolute Gasteiger partial charge is 0.341 e. The zero-order chi connectivity index (χ0) is 20.3. The summed E-state index contributed by atoms with van der Waals surface area (Å²) in [4.78, 5) is 17.8. The van der Waals surface area contributed by atoms with E-state index < -0.39 is 0 Å². The SMILES string of the molecule is CCCCCCCCCCCC(=O)N(CCN1CCCC1)CC1CC2C=CC1C2. The van der Waals surface area contributed by atoms with E-state index in [1.807, 2.05) is 0 Å². The third kappa shape index (κ3) is 7.74. The molecule has 0 aromatic rings. The highest BCUT2D eigenvalue weighted by atomic mass is 16.2. The van der Waals surface area contributed by atoms with Crippen LogP contribution in [0.5, 0.6) is 0 Å². The molecule has 3 nitrogen and oxygen atoms in total. The Kier molecular flexibility index (Phi) is 10.1. The van der Waals surface area contributed by atoms with Crippen LogP contribution in [-0.2, 0) is 4.79 Å². The van der Waals surface area contributed by atoms with Crippen LogP contribution < -0.4 is 0 Å². The van der Waals surface area contributed by atoms with Gasteiger partial charge in [0.1, 0.15) is 0 Å². The van der Waals surface area contributed by atoms with E-state index in [2.05, 4.69) is 28.9 Å². The lowest BCUT2D eigenvalue weighted by atomic mass is 9.93. The van der Waals surface area contributed by atoms with E-state index in [0.717, 1.165) is 50.2 Å². The van der Waals surface area contributed by atoms with Crippen LogP contribution in [0.1, 0.15) is 96.8 Å². The topological polar surface area (TPSA) is 23.6 Å². The standard InChI is InChI=1S/C26H46N2O/c1-2-3-4-5-6-7-8-9-10-13-26(29)28(19-18-27-16-11-12-17-27)22-25-21-23-14-15-24(25)20-23/h14-15,23-25H,2-13,16-22H2,1H3. The van der Waals surface area contributed by atoms with E-state index in [4.69, 9.17) is 0 Å². The van der Waals surface area contributed by atoms with Crippen molar-refractivity contribution in [3.63, 3.8) is 0 Å². The minimum absolute atomic E-state index is 0.430. The molecule has 1 aliphatic heterocycles. The van der Waals surface area contributed by atoms with Crippen molar-refractivity contribution in [2.45, 2.75) is 96.8 Å². The first-order valence-electron chi connectivity index (χ1n) is 12.9. The van der Waals surface area contributed by atoms with E-state index in [9.17, 15) is 4.79 Å². The summed E-state index contributed by atoms with van der Waals surface area (Å²) in [6, 6.07) is 0. The van der Waals surface area contributed by atoms with Crippen LogP contribution in [0.4, 0.5) is 0 Å². The zero-order valence-corrected chi connectivity index (χ0v) is 19.1. The van der Waals surface area contributed by atoms with Gasteiger partial charge in [-0.25, -0.2) is 0 Å². The molecule has 3 aliphatic rings. The Morgan fingerprint density at radius 2 is 1.62 bits per heavy atom. The fraction of sp³-hybridized carbons (Fsp3) is 0.885. The Labute approximate surface area is 180 Å². The lowest BCUT2D eigenvalue weighted by Crippen LogP contribution is -2.41. The van der Waals surface area contributed by atoms with Crippen LogP contribution in [0.3, 0.4) is 0 Å². The third-order valence-corrected chi connectivity index (χ3v) is 7.60. The number of carbonyl (C=O) groups excluding carboxylic acids is 1. The number of unbranched alkanes of at least 4 members (excludes halogenated alkanes) is 8. The Hall–Kier alpha value is -0.830. The van der Waals surface area contributed by atoms with Crippen molar-refractivity contribution in [1.29, 1.82) is 0 Å². The normalized spacial score (nSPS) is 25.9. The molecule has 0 radical (unpaired) electrons. The monoisotopic (exact) mass is 402 g/mol. The molecule has 2 bridgehead atoms. The van der Waals surface area contributed by atoms with Crippen molar-refractivity contribution in [2.75, 3.05) is 32.7 Å². The molecule has 166 valence electrons. The third-order valence-electron chi connectivity index (χ3n) is 7.60. The maximum Gasteiger partial charge on any atom is 0.222 e. The van der Waals surface area contributed by atoms with Gasteiger partial charge in [0.25, 0.3) is 0 Å². The van der Waals surface area contributed by atoms with Gasteiger partial charge in [0, 0.05) is 26.1 Å². The summed E-state index contributed by atoms with van der Waals surface area (Å²) in [7, 11) is 0. The first kappa shape index (κ1) is 22.8. The predicted molar refractivity (Wildman–Crippen MR) is 123 cm³/mol. The van der Waals surface area contributed by atoms with Gasteiger partial charge in [-0.05, 0) is 62.9 Å². The summed E-state index contributed by atoms with van der Waals surface area (Å²) in [5.41, 5.74) is 0. The number of likely N-dealkylation sites (tertiary alicyclic amines) is 1. The maximum absolute atomic E-state index is 13.0. The van der Waals surface area contributed by atoms with Gasteiger partial charge in [0.05, 0.1) is 0 Å². The molecule has 1 saturated heterocycles. The van der Waals surface area contributed by atoms with Gasteiger partial charge < -0.3 is 9.80 Å². The predicted octanol–water partition coefficient (Wildman–Crippen LogP) is 6.04. The highest BCUT2D eigenvalue weighted by Gasteiger charge is 2.37. The second-order valence-electron chi connectivity index (χ2n) is 10.0. The average Bonchev–Trinajstić information content (AvgIpc) is 3.48. The molecule has 1 saturated carbocycles. The van der Waals surface area contributed by atoms with E-state index in [0.29, 0.717) is 5.91 Å². The minimum atomic E-state index is 0.430. The molecule has 3 rings (SSSR count). The first-order chi connectivity index (χ1) is 14.3. The number of rotatable bonds is 15. The number of allylic oxidation sites excluding steroid dienone is 2. The highest BCUT2D eigenvalue weighted by Crippen LogP contribution is 2.43. The lowest BCUT2D eigenvalue weighted by Gasteiger charge is -2.30. The quantitative estimate of drug-likeness (QED) is 0.246. The fourth-order valence-electron chi connectivity index (χ4n) is 5.72. The summed E-state index contributed by atoms with van der Waals surface area (Å²) in [5.74, 6) is 2.70. The Morgan fingerprint density at radius 3 is 2.24 bits per heavy atom. The number of hydrogen-bond donors (Lipinski definition) is 0. The molecule has 0 spiro atoms. The fourth-order valence-corrected chi connectivity index (χ4v) is 5.72. The molecular formula is C26H46N2O. The van der Waals surface area contributed by atoms with Crippen molar-refractivity contribution in [2.24, 2.45) is 17.8 Å². The molecule has 3 heteroatoms. The molecule has 0 aromatic carbocycles. The number of amides is 1. The molecule has 3 unspecified atom stereocenters. The van der Waals surface area contributed by atoms with Gasteiger partial charge in [-0.2, -0.15) is 0 Å². The van der Waals surface area contributed by atoms with E-state index in [1.165, 1.54) is 90.1 Å². The van der Waals surface area contributed by atoms with Crippen molar-refractivity contribution in [3.05, 3.63) is 12.2 Å². The van der Waals surface area contributed by atoms with Gasteiger partial charge in [0.15, 0.2) is 0 Å². The van der Waals surface area contributed by atoms with Crippen molar-refractivity contribution in [1.82, 2.24) is 9.80 Å². The van der Waals surface area contributed by atoms with E-state index in [1.54, 1.807) is 0 Å². The van der Waals surface area contributed by atoms with Gasteiger partial charge in [-0.15, -0.1) is 0 Å². The molecule has 0 N–H and O–H groups in total. The maximum atomic E-state index is 13.0. The Morgan fingerprint density at radius 1 is 0.931 bits per heavy atom. The molecule has 29 heavy (non-hydrogen) atoms. The Bertz CT molecular complexity index is 497. The van der Waals surface area contributed by atoms with E-state index in [-0.39, 0.29) is 0 Å². The Balaban J connectivity index is 1.34. The summed E-state index contributed by atoms with van der Waals surface area (Å²) < 4.78 is 0.